The van der Waals surface area contributed by atoms with Crippen molar-refractivity contribution in [2.45, 2.75) is 38.4 Å². The zero-order chi connectivity index (χ0) is 12.6. The number of fused-ring (bicyclic) bond motifs is 1. The predicted octanol–water partition coefficient (Wildman–Crippen LogP) is 4.74. The Morgan fingerprint density at radius 3 is 2.53 bits per heavy atom. The van der Waals surface area contributed by atoms with E-state index in [0.29, 0.717) is 0 Å². The van der Waals surface area contributed by atoms with E-state index in [-0.39, 0.29) is 5.41 Å². The number of halogens is 1. The molecule has 0 saturated heterocycles. The van der Waals surface area contributed by atoms with E-state index in [4.69, 9.17) is 4.98 Å². The molecule has 0 spiro atoms. The molecule has 0 saturated carbocycles. The van der Waals surface area contributed by atoms with Crippen LogP contribution >= 0.6 is 15.9 Å². The number of nitrogens with zero attached hydrogens (tertiary/aromatic N) is 1. The molecule has 0 aliphatic heterocycles. The lowest BCUT2D eigenvalue weighted by Crippen LogP contribution is -2.14. The summed E-state index contributed by atoms with van der Waals surface area (Å²) in [6, 6.07) is 8.59. The third-order valence-corrected chi connectivity index (χ3v) is 3.64. The molecule has 0 radical (unpaired) electrons. The number of para-hydroxylation sites is 1. The van der Waals surface area contributed by atoms with Gasteiger partial charge in [0.2, 0.25) is 0 Å². The van der Waals surface area contributed by atoms with Crippen molar-refractivity contribution < 1.29 is 0 Å². The van der Waals surface area contributed by atoms with E-state index >= 15 is 0 Å². The van der Waals surface area contributed by atoms with Gasteiger partial charge >= 0.3 is 0 Å². The lowest BCUT2D eigenvalue weighted by atomic mass is 9.90. The number of hydrogen-bond acceptors (Lipinski definition) is 1. The van der Waals surface area contributed by atoms with Gasteiger partial charge in [-0.3, -0.25) is 4.98 Å². The zero-order valence-electron chi connectivity index (χ0n) is 10.8. The third-order valence-electron chi connectivity index (χ3n) is 3.04. The second kappa shape index (κ2) is 4.41. The highest BCUT2D eigenvalue weighted by molar-refractivity contribution is 9.08. The monoisotopic (exact) mass is 291 g/mol. The highest BCUT2D eigenvalue weighted by Gasteiger charge is 2.17. The van der Waals surface area contributed by atoms with E-state index in [1.807, 2.05) is 0 Å². The number of rotatable bonds is 1. The smallest absolute Gasteiger partial charge is 0.0737 e. The van der Waals surface area contributed by atoms with E-state index in [2.05, 4.69) is 67.9 Å². The fraction of sp³-hybridized carbons (Fsp3) is 0.400. The molecule has 2 rings (SSSR count). The van der Waals surface area contributed by atoms with Gasteiger partial charge in [-0.25, -0.2) is 0 Å². The molecular weight excluding hydrogens is 274 g/mol. The Bertz CT molecular complexity index is 553. The summed E-state index contributed by atoms with van der Waals surface area (Å²) in [5, 5.41) is 2.13. The molecule has 1 heterocycles. The maximum atomic E-state index is 4.83. The molecule has 0 bridgehead atoms. The van der Waals surface area contributed by atoms with E-state index < -0.39 is 0 Å². The molecule has 0 fully saturated rings. The van der Waals surface area contributed by atoms with Gasteiger partial charge in [-0.15, -0.1) is 0 Å². The standard InChI is InChI=1S/C15H18BrN/c1-10-6-5-7-12-11(9-16)8-13(15(2,3)4)17-14(10)12/h5-8H,9H2,1-4H3. The Balaban J connectivity index is 2.81. The van der Waals surface area contributed by atoms with Crippen molar-refractivity contribution in [3.05, 3.63) is 41.1 Å². The number of benzene rings is 1. The summed E-state index contributed by atoms with van der Waals surface area (Å²) < 4.78 is 0. The molecule has 0 amide bonds. The second-order valence-electron chi connectivity index (χ2n) is 5.52. The fourth-order valence-electron chi connectivity index (χ4n) is 1.96. The first-order valence-electron chi connectivity index (χ1n) is 5.89. The first-order valence-corrected chi connectivity index (χ1v) is 7.01. The van der Waals surface area contributed by atoms with Crippen molar-refractivity contribution in [1.82, 2.24) is 4.98 Å². The van der Waals surface area contributed by atoms with Crippen LogP contribution in [-0.2, 0) is 10.7 Å². The molecular formula is C15H18BrN. The van der Waals surface area contributed by atoms with Crippen LogP contribution in [0, 0.1) is 6.92 Å². The minimum absolute atomic E-state index is 0.0907. The summed E-state index contributed by atoms with van der Waals surface area (Å²) in [6.07, 6.45) is 0. The molecule has 1 nitrogen and oxygen atoms in total. The minimum Gasteiger partial charge on any atom is -0.252 e. The van der Waals surface area contributed by atoms with Crippen LogP contribution in [0.25, 0.3) is 10.9 Å². The minimum atomic E-state index is 0.0907. The molecule has 1 aromatic heterocycles. The van der Waals surface area contributed by atoms with Crippen LogP contribution < -0.4 is 0 Å². The topological polar surface area (TPSA) is 12.9 Å². The molecule has 2 heteroatoms. The number of hydrogen-bond donors (Lipinski definition) is 0. The van der Waals surface area contributed by atoms with Crippen LogP contribution in [0.3, 0.4) is 0 Å². The van der Waals surface area contributed by atoms with Crippen LogP contribution in [-0.4, -0.2) is 4.98 Å². The fourth-order valence-corrected chi connectivity index (χ4v) is 2.42. The summed E-state index contributed by atoms with van der Waals surface area (Å²) >= 11 is 3.58. The molecule has 90 valence electrons. The molecule has 1 aromatic carbocycles. The molecule has 17 heavy (non-hydrogen) atoms. The van der Waals surface area contributed by atoms with Crippen molar-refractivity contribution in [2.24, 2.45) is 0 Å². The molecule has 2 aromatic rings. The summed E-state index contributed by atoms with van der Waals surface area (Å²) in [5.41, 5.74) is 4.95. The number of aryl methyl sites for hydroxylation is 1. The SMILES string of the molecule is Cc1cccc2c(CBr)cc(C(C)(C)C)nc12. The Labute approximate surface area is 111 Å². The highest BCUT2D eigenvalue weighted by Crippen LogP contribution is 2.28. The van der Waals surface area contributed by atoms with E-state index in [1.165, 1.54) is 16.5 Å². The zero-order valence-corrected chi connectivity index (χ0v) is 12.4. The maximum Gasteiger partial charge on any atom is 0.0737 e. The summed E-state index contributed by atoms with van der Waals surface area (Å²) in [7, 11) is 0. The van der Waals surface area contributed by atoms with Crippen molar-refractivity contribution in [3.8, 4) is 0 Å². The van der Waals surface area contributed by atoms with Crippen LogP contribution in [0.2, 0.25) is 0 Å². The summed E-state index contributed by atoms with van der Waals surface area (Å²) in [6.45, 7) is 8.74. The van der Waals surface area contributed by atoms with Crippen molar-refractivity contribution in [2.75, 3.05) is 0 Å². The predicted molar refractivity (Wildman–Crippen MR) is 77.8 cm³/mol. The van der Waals surface area contributed by atoms with Crippen molar-refractivity contribution >= 4 is 26.8 Å². The summed E-state index contributed by atoms with van der Waals surface area (Å²) in [4.78, 5) is 4.83. The molecule has 0 N–H and O–H groups in total. The number of alkyl halides is 1. The molecule has 0 unspecified atom stereocenters. The Morgan fingerprint density at radius 1 is 1.24 bits per heavy atom. The largest absolute Gasteiger partial charge is 0.252 e. The van der Waals surface area contributed by atoms with E-state index in [9.17, 15) is 0 Å². The Hall–Kier alpha value is -0.890. The van der Waals surface area contributed by atoms with E-state index in [0.717, 1.165) is 16.5 Å². The Kier molecular flexibility index (Phi) is 3.26. The van der Waals surface area contributed by atoms with Gasteiger partial charge in [0.25, 0.3) is 0 Å². The molecule has 0 aliphatic rings. The average Bonchev–Trinajstić information content (AvgIpc) is 2.27. The van der Waals surface area contributed by atoms with E-state index in [1.54, 1.807) is 0 Å². The Morgan fingerprint density at radius 2 is 1.94 bits per heavy atom. The van der Waals surface area contributed by atoms with Gasteiger partial charge < -0.3 is 0 Å². The maximum absolute atomic E-state index is 4.83. The number of aromatic nitrogens is 1. The first kappa shape index (κ1) is 12.6. The summed E-state index contributed by atoms with van der Waals surface area (Å²) in [5.74, 6) is 0. The van der Waals surface area contributed by atoms with Crippen molar-refractivity contribution in [3.63, 3.8) is 0 Å². The molecule has 0 atom stereocenters. The third kappa shape index (κ3) is 2.37. The van der Waals surface area contributed by atoms with Gasteiger partial charge in [-0.1, -0.05) is 54.9 Å². The van der Waals surface area contributed by atoms with Crippen molar-refractivity contribution in [1.29, 1.82) is 0 Å². The van der Waals surface area contributed by atoms with Gasteiger partial charge in [-0.05, 0) is 24.1 Å². The van der Waals surface area contributed by atoms with Gasteiger partial charge in [0.15, 0.2) is 0 Å². The van der Waals surface area contributed by atoms with Gasteiger partial charge in [0.1, 0.15) is 0 Å². The van der Waals surface area contributed by atoms with Gasteiger partial charge in [-0.2, -0.15) is 0 Å². The average molecular weight is 292 g/mol. The van der Waals surface area contributed by atoms with Crippen LogP contribution in [0.5, 0.6) is 0 Å². The second-order valence-corrected chi connectivity index (χ2v) is 6.08. The lowest BCUT2D eigenvalue weighted by Gasteiger charge is -2.20. The van der Waals surface area contributed by atoms with Crippen LogP contribution in [0.4, 0.5) is 0 Å². The quantitative estimate of drug-likeness (QED) is 0.692. The van der Waals surface area contributed by atoms with Gasteiger partial charge in [0, 0.05) is 21.8 Å². The van der Waals surface area contributed by atoms with Crippen LogP contribution in [0.1, 0.15) is 37.6 Å². The van der Waals surface area contributed by atoms with Crippen LogP contribution in [0.15, 0.2) is 24.3 Å². The normalized spacial score (nSPS) is 12.1. The first-order chi connectivity index (χ1) is 7.93. The molecule has 0 aliphatic carbocycles. The number of pyridine rings is 1. The van der Waals surface area contributed by atoms with Gasteiger partial charge in [0.05, 0.1) is 5.52 Å². The highest BCUT2D eigenvalue weighted by atomic mass is 79.9. The lowest BCUT2D eigenvalue weighted by molar-refractivity contribution is 0.571.